The Kier molecular flexibility index (Phi) is 8.74. The van der Waals surface area contributed by atoms with E-state index in [1.165, 1.54) is 19.4 Å². The van der Waals surface area contributed by atoms with Gasteiger partial charge in [-0.25, -0.2) is 0 Å². The van der Waals surface area contributed by atoms with Crippen molar-refractivity contribution in [2.45, 2.75) is 39.5 Å². The molecule has 0 bridgehead atoms. The molecule has 0 aliphatic heterocycles. The minimum Gasteiger partial charge on any atom is -0.493 e. The highest BCUT2D eigenvalue weighted by Crippen LogP contribution is 2.26. The van der Waals surface area contributed by atoms with Crippen LogP contribution < -0.4 is 15.1 Å². The molecule has 0 radical (unpaired) electrons. The first-order valence-electron chi connectivity index (χ1n) is 11.7. The van der Waals surface area contributed by atoms with E-state index in [2.05, 4.69) is 18.7 Å². The first kappa shape index (κ1) is 23.9. The molecule has 3 aromatic rings. The molecule has 172 valence electrons. The van der Waals surface area contributed by atoms with Crippen LogP contribution in [-0.2, 0) is 0 Å². The third kappa shape index (κ3) is 6.36. The summed E-state index contributed by atoms with van der Waals surface area (Å²) in [4.78, 5) is 17.1. The van der Waals surface area contributed by atoms with Gasteiger partial charge in [-0.3, -0.25) is 4.79 Å². The fourth-order valence-corrected chi connectivity index (χ4v) is 3.81. The summed E-state index contributed by atoms with van der Waals surface area (Å²) in [6.07, 6.45) is 4.65. The molecule has 0 spiro atoms. The van der Waals surface area contributed by atoms with E-state index in [9.17, 15) is 4.79 Å². The van der Waals surface area contributed by atoms with Crippen LogP contribution in [0, 0.1) is 0 Å². The maximum atomic E-state index is 12.6. The fraction of sp³-hybridized carbons (Fsp3) is 0.444. The van der Waals surface area contributed by atoms with Crippen molar-refractivity contribution in [2.75, 3.05) is 45.2 Å². The molecule has 0 aliphatic carbocycles. The monoisotopic (exact) mass is 436 g/mol. The summed E-state index contributed by atoms with van der Waals surface area (Å²) in [5.74, 6) is 1.31. The SMILES string of the molecule is CCN(CC)CCCCCCOc1ccc2c(=O)cc(-c3ccc(N(C)C)cc3)oc2c1. The second-order valence-corrected chi connectivity index (χ2v) is 8.36. The molecule has 1 heterocycles. The molecule has 1 aromatic heterocycles. The zero-order valence-corrected chi connectivity index (χ0v) is 19.9. The molecular formula is C27H36N2O3. The van der Waals surface area contributed by atoms with E-state index in [0.29, 0.717) is 23.3 Å². The van der Waals surface area contributed by atoms with Gasteiger partial charge in [0.2, 0.25) is 0 Å². The number of hydrogen-bond acceptors (Lipinski definition) is 5. The lowest BCUT2D eigenvalue weighted by Gasteiger charge is -2.17. The van der Waals surface area contributed by atoms with Gasteiger partial charge in [-0.2, -0.15) is 0 Å². The van der Waals surface area contributed by atoms with E-state index in [1.54, 1.807) is 12.1 Å². The molecule has 0 saturated carbocycles. The number of fused-ring (bicyclic) bond motifs is 1. The van der Waals surface area contributed by atoms with Crippen LogP contribution in [0.2, 0.25) is 0 Å². The highest BCUT2D eigenvalue weighted by Gasteiger charge is 2.09. The maximum Gasteiger partial charge on any atom is 0.193 e. The Morgan fingerprint density at radius 2 is 1.59 bits per heavy atom. The molecule has 0 unspecified atom stereocenters. The standard InChI is InChI=1S/C27H36N2O3/c1-5-29(6-2)17-9-7-8-10-18-31-23-15-16-24-25(30)20-26(32-27(24)19-23)21-11-13-22(14-12-21)28(3)4/h11-16,19-20H,5-10,17-18H2,1-4H3. The highest BCUT2D eigenvalue weighted by atomic mass is 16.5. The minimum absolute atomic E-state index is 0.0438. The van der Waals surface area contributed by atoms with Gasteiger partial charge < -0.3 is 19.0 Å². The summed E-state index contributed by atoms with van der Waals surface area (Å²) < 4.78 is 12.0. The summed E-state index contributed by atoms with van der Waals surface area (Å²) in [6, 6.07) is 15.0. The number of hydrogen-bond donors (Lipinski definition) is 0. The smallest absolute Gasteiger partial charge is 0.193 e. The van der Waals surface area contributed by atoms with E-state index in [-0.39, 0.29) is 5.43 Å². The van der Waals surface area contributed by atoms with Crippen molar-refractivity contribution >= 4 is 16.7 Å². The van der Waals surface area contributed by atoms with E-state index in [1.807, 2.05) is 55.4 Å². The molecule has 5 nitrogen and oxygen atoms in total. The van der Waals surface area contributed by atoms with E-state index in [0.717, 1.165) is 42.9 Å². The summed E-state index contributed by atoms with van der Waals surface area (Å²) in [6.45, 7) is 8.53. The zero-order chi connectivity index (χ0) is 22.9. The maximum absolute atomic E-state index is 12.6. The van der Waals surface area contributed by atoms with Gasteiger partial charge in [-0.15, -0.1) is 0 Å². The first-order valence-corrected chi connectivity index (χ1v) is 11.7. The molecule has 0 atom stereocenters. The van der Waals surface area contributed by atoms with Crippen LogP contribution in [0.4, 0.5) is 5.69 Å². The lowest BCUT2D eigenvalue weighted by molar-refractivity contribution is 0.284. The third-order valence-electron chi connectivity index (χ3n) is 5.90. The van der Waals surface area contributed by atoms with Crippen LogP contribution in [-0.4, -0.2) is 45.2 Å². The van der Waals surface area contributed by atoms with Crippen LogP contribution in [0.1, 0.15) is 39.5 Å². The van der Waals surface area contributed by atoms with Crippen LogP contribution in [0.5, 0.6) is 5.75 Å². The number of nitrogens with zero attached hydrogens (tertiary/aromatic N) is 2. The van der Waals surface area contributed by atoms with Gasteiger partial charge in [-0.05, 0) is 68.9 Å². The van der Waals surface area contributed by atoms with Gasteiger partial charge in [-0.1, -0.05) is 26.7 Å². The molecule has 0 fully saturated rings. The minimum atomic E-state index is -0.0438. The van der Waals surface area contributed by atoms with Crippen molar-refractivity contribution in [3.63, 3.8) is 0 Å². The lowest BCUT2D eigenvalue weighted by atomic mass is 10.1. The average Bonchev–Trinajstić information content (AvgIpc) is 2.80. The molecule has 3 rings (SSSR count). The fourth-order valence-electron chi connectivity index (χ4n) is 3.81. The van der Waals surface area contributed by atoms with Crippen LogP contribution >= 0.6 is 0 Å². The van der Waals surface area contributed by atoms with Gasteiger partial charge in [0.1, 0.15) is 17.1 Å². The Morgan fingerprint density at radius 3 is 2.28 bits per heavy atom. The summed E-state index contributed by atoms with van der Waals surface area (Å²) in [7, 11) is 4.00. The molecule has 0 saturated heterocycles. The van der Waals surface area contributed by atoms with Crippen LogP contribution in [0.3, 0.4) is 0 Å². The Labute approximate surface area is 191 Å². The second-order valence-electron chi connectivity index (χ2n) is 8.36. The van der Waals surface area contributed by atoms with Crippen molar-refractivity contribution in [1.82, 2.24) is 4.90 Å². The van der Waals surface area contributed by atoms with E-state index in [4.69, 9.17) is 9.15 Å². The van der Waals surface area contributed by atoms with Crippen LogP contribution in [0.15, 0.2) is 57.7 Å². The van der Waals surface area contributed by atoms with Gasteiger partial charge in [0.15, 0.2) is 5.43 Å². The normalized spacial score (nSPS) is 11.3. The predicted molar refractivity (Wildman–Crippen MR) is 134 cm³/mol. The topological polar surface area (TPSA) is 45.9 Å². The van der Waals surface area contributed by atoms with Gasteiger partial charge in [0.25, 0.3) is 0 Å². The molecule has 32 heavy (non-hydrogen) atoms. The van der Waals surface area contributed by atoms with Gasteiger partial charge in [0, 0.05) is 37.5 Å². The van der Waals surface area contributed by atoms with E-state index >= 15 is 0 Å². The number of anilines is 1. The molecule has 0 N–H and O–H groups in total. The van der Waals surface area contributed by atoms with Gasteiger partial charge >= 0.3 is 0 Å². The van der Waals surface area contributed by atoms with Crippen LogP contribution in [0.25, 0.3) is 22.3 Å². The molecule has 2 aromatic carbocycles. The lowest BCUT2D eigenvalue weighted by Crippen LogP contribution is -2.23. The summed E-state index contributed by atoms with van der Waals surface area (Å²) >= 11 is 0. The first-order chi connectivity index (χ1) is 15.5. The zero-order valence-electron chi connectivity index (χ0n) is 19.9. The number of rotatable bonds is 12. The quantitative estimate of drug-likeness (QED) is 0.335. The number of benzene rings is 2. The molecule has 0 amide bonds. The summed E-state index contributed by atoms with van der Waals surface area (Å²) in [5.41, 5.74) is 2.49. The van der Waals surface area contributed by atoms with Crippen molar-refractivity contribution < 1.29 is 9.15 Å². The molecule has 0 aliphatic rings. The van der Waals surface area contributed by atoms with Crippen molar-refractivity contribution in [3.8, 4) is 17.1 Å². The highest BCUT2D eigenvalue weighted by molar-refractivity contribution is 5.80. The average molecular weight is 437 g/mol. The largest absolute Gasteiger partial charge is 0.493 e. The van der Waals surface area contributed by atoms with Crippen molar-refractivity contribution in [2.24, 2.45) is 0 Å². The Balaban J connectivity index is 1.59. The molecule has 5 heteroatoms. The summed E-state index contributed by atoms with van der Waals surface area (Å²) in [5, 5.41) is 0.572. The number of ether oxygens (including phenoxy) is 1. The Bertz CT molecular complexity index is 1040. The second kappa shape index (κ2) is 11.7. The Morgan fingerprint density at radius 1 is 0.875 bits per heavy atom. The third-order valence-corrected chi connectivity index (χ3v) is 5.90. The van der Waals surface area contributed by atoms with Crippen molar-refractivity contribution in [3.05, 3.63) is 58.8 Å². The predicted octanol–water partition coefficient (Wildman–Crippen LogP) is 5.81. The number of unbranched alkanes of at least 4 members (excludes halogenated alkanes) is 3. The molecular weight excluding hydrogens is 400 g/mol. The van der Waals surface area contributed by atoms with Gasteiger partial charge in [0.05, 0.1) is 12.0 Å². The Hall–Kier alpha value is -2.79. The van der Waals surface area contributed by atoms with E-state index < -0.39 is 0 Å². The van der Waals surface area contributed by atoms with Crippen molar-refractivity contribution in [1.29, 1.82) is 0 Å².